The molecule has 90 valence electrons. The van der Waals surface area contributed by atoms with Crippen LogP contribution in [-0.4, -0.2) is 36.1 Å². The van der Waals surface area contributed by atoms with E-state index in [2.05, 4.69) is 0 Å². The third kappa shape index (κ3) is 3.58. The van der Waals surface area contributed by atoms with Crippen LogP contribution in [-0.2, 0) is 21.4 Å². The van der Waals surface area contributed by atoms with E-state index in [0.29, 0.717) is 0 Å². The number of thiophene rings is 1. The average molecular weight is 263 g/mol. The summed E-state index contributed by atoms with van der Waals surface area (Å²) in [6, 6.07) is 3.65. The van der Waals surface area contributed by atoms with Gasteiger partial charge in [-0.05, 0) is 11.4 Å². The molecule has 0 saturated carbocycles. The third-order valence-electron chi connectivity index (χ3n) is 1.96. The van der Waals surface area contributed by atoms with Gasteiger partial charge in [0.1, 0.15) is 0 Å². The third-order valence-corrected chi connectivity index (χ3v) is 4.61. The fourth-order valence-electron chi connectivity index (χ4n) is 1.23. The molecule has 0 fully saturated rings. The first kappa shape index (κ1) is 13.1. The van der Waals surface area contributed by atoms with Crippen molar-refractivity contribution in [2.24, 2.45) is 0 Å². The molecule has 1 aromatic heterocycles. The second kappa shape index (κ2) is 5.42. The Morgan fingerprint density at radius 3 is 2.69 bits per heavy atom. The van der Waals surface area contributed by atoms with E-state index in [1.807, 2.05) is 17.5 Å². The molecule has 0 aliphatic heterocycles. The van der Waals surface area contributed by atoms with E-state index in [4.69, 9.17) is 5.11 Å². The first-order chi connectivity index (χ1) is 7.45. The molecule has 0 saturated heterocycles. The predicted octanol–water partition coefficient (Wildman–Crippen LogP) is 0.984. The molecule has 0 aromatic carbocycles. The molecule has 0 atom stereocenters. The highest BCUT2D eigenvalue weighted by molar-refractivity contribution is 7.89. The van der Waals surface area contributed by atoms with Gasteiger partial charge in [0.25, 0.3) is 0 Å². The number of rotatable bonds is 6. The minimum atomic E-state index is -3.71. The molecule has 0 bridgehead atoms. The fraction of sp³-hybridized carbons (Fsp3) is 0.444. The largest absolute Gasteiger partial charge is 0.480 e. The van der Waals surface area contributed by atoms with E-state index in [1.165, 1.54) is 15.6 Å². The quantitative estimate of drug-likeness (QED) is 0.830. The summed E-state index contributed by atoms with van der Waals surface area (Å²) in [4.78, 5) is 11.3. The molecule has 0 unspecified atom stereocenters. The smallest absolute Gasteiger partial charge is 0.320 e. The van der Waals surface area contributed by atoms with Crippen molar-refractivity contribution in [2.75, 3.05) is 12.3 Å². The number of nitrogens with zero attached hydrogens (tertiary/aromatic N) is 1. The van der Waals surface area contributed by atoms with Gasteiger partial charge in [-0.25, -0.2) is 8.42 Å². The van der Waals surface area contributed by atoms with Crippen molar-refractivity contribution in [3.63, 3.8) is 0 Å². The molecular formula is C9H13NO4S2. The van der Waals surface area contributed by atoms with Crippen LogP contribution in [0.25, 0.3) is 0 Å². The van der Waals surface area contributed by atoms with Crippen molar-refractivity contribution in [2.45, 2.75) is 13.5 Å². The topological polar surface area (TPSA) is 74.7 Å². The maximum atomic E-state index is 11.6. The monoisotopic (exact) mass is 263 g/mol. The molecule has 0 radical (unpaired) electrons. The summed E-state index contributed by atoms with van der Waals surface area (Å²) >= 11 is 1.45. The Bertz CT molecular complexity index is 438. The molecule has 1 rings (SSSR count). The number of hydrogen-bond acceptors (Lipinski definition) is 4. The number of carboxylic acid groups (broad SMARTS) is 1. The molecule has 0 aliphatic rings. The first-order valence-corrected chi connectivity index (χ1v) is 7.16. The van der Waals surface area contributed by atoms with Crippen LogP contribution < -0.4 is 0 Å². The second-order valence-electron chi connectivity index (χ2n) is 3.16. The van der Waals surface area contributed by atoms with Gasteiger partial charge in [-0.3, -0.25) is 4.79 Å². The summed E-state index contributed by atoms with van der Waals surface area (Å²) in [6.07, 6.45) is 0. The number of carbonyl (C=O) groups is 1. The van der Waals surface area contributed by atoms with Crippen molar-refractivity contribution in [3.8, 4) is 0 Å². The molecule has 1 N–H and O–H groups in total. The molecule has 0 aliphatic carbocycles. The zero-order chi connectivity index (χ0) is 12.2. The molecule has 1 heterocycles. The van der Waals surface area contributed by atoms with Gasteiger partial charge in [0.2, 0.25) is 10.0 Å². The Balaban J connectivity index is 2.78. The fourth-order valence-corrected chi connectivity index (χ4v) is 3.26. The number of hydrogen-bond donors (Lipinski definition) is 1. The molecule has 0 amide bonds. The Hall–Kier alpha value is -0.920. The molecule has 1 aromatic rings. The van der Waals surface area contributed by atoms with E-state index in [0.717, 1.165) is 4.88 Å². The van der Waals surface area contributed by atoms with Crippen LogP contribution in [0.3, 0.4) is 0 Å². The average Bonchev–Trinajstić information content (AvgIpc) is 2.63. The molecule has 16 heavy (non-hydrogen) atoms. The maximum Gasteiger partial charge on any atom is 0.320 e. The van der Waals surface area contributed by atoms with E-state index in [9.17, 15) is 13.2 Å². The lowest BCUT2D eigenvalue weighted by Crippen LogP contribution is -2.34. The highest BCUT2D eigenvalue weighted by Gasteiger charge is 2.24. The molecule has 0 spiro atoms. The summed E-state index contributed by atoms with van der Waals surface area (Å²) in [7, 11) is -3.71. The lowest BCUT2D eigenvalue weighted by atomic mass is 10.4. The molecule has 5 nitrogen and oxygen atoms in total. The summed E-state index contributed by atoms with van der Waals surface area (Å²) in [6.45, 7) is 2.20. The van der Waals surface area contributed by atoms with Crippen LogP contribution >= 0.6 is 11.3 Å². The van der Waals surface area contributed by atoms with Gasteiger partial charge < -0.3 is 5.11 Å². The van der Waals surface area contributed by atoms with Crippen molar-refractivity contribution in [3.05, 3.63) is 22.4 Å². The summed E-state index contributed by atoms with van der Waals surface area (Å²) in [5.41, 5.74) is 0. The van der Waals surface area contributed by atoms with Crippen molar-refractivity contribution < 1.29 is 18.3 Å². The molecular weight excluding hydrogens is 250 g/mol. The van der Waals surface area contributed by atoms with Gasteiger partial charge in [-0.1, -0.05) is 13.0 Å². The SMILES string of the molecule is CCN(Cc1cccs1)S(=O)(=O)CC(=O)O. The van der Waals surface area contributed by atoms with Crippen LogP contribution in [0, 0.1) is 0 Å². The van der Waals surface area contributed by atoms with Crippen LogP contribution in [0.1, 0.15) is 11.8 Å². The maximum absolute atomic E-state index is 11.6. The lowest BCUT2D eigenvalue weighted by Gasteiger charge is -2.18. The number of carboxylic acids is 1. The zero-order valence-electron chi connectivity index (χ0n) is 8.79. The standard InChI is InChI=1S/C9H13NO4S2/c1-2-10(6-8-4-3-5-15-8)16(13,14)7-9(11)12/h3-5H,2,6-7H2,1H3,(H,11,12). The van der Waals surface area contributed by atoms with E-state index >= 15 is 0 Å². The highest BCUT2D eigenvalue weighted by atomic mass is 32.2. The number of sulfonamides is 1. The Labute approximate surface area is 98.4 Å². The normalized spacial score (nSPS) is 11.9. The Morgan fingerprint density at radius 2 is 2.25 bits per heavy atom. The van der Waals surface area contributed by atoms with E-state index in [1.54, 1.807) is 6.92 Å². The minimum absolute atomic E-state index is 0.240. The van der Waals surface area contributed by atoms with Crippen molar-refractivity contribution in [1.29, 1.82) is 0 Å². The highest BCUT2D eigenvalue weighted by Crippen LogP contribution is 2.14. The van der Waals surface area contributed by atoms with Crippen molar-refractivity contribution >= 4 is 27.3 Å². The summed E-state index contributed by atoms with van der Waals surface area (Å²) < 4.78 is 24.5. The van der Waals surface area contributed by atoms with Crippen LogP contribution in [0.4, 0.5) is 0 Å². The van der Waals surface area contributed by atoms with Gasteiger partial charge >= 0.3 is 5.97 Å². The van der Waals surface area contributed by atoms with E-state index < -0.39 is 21.7 Å². The van der Waals surface area contributed by atoms with Crippen LogP contribution in [0.5, 0.6) is 0 Å². The van der Waals surface area contributed by atoms with Gasteiger partial charge in [-0.15, -0.1) is 11.3 Å². The predicted molar refractivity (Wildman–Crippen MR) is 61.8 cm³/mol. The zero-order valence-corrected chi connectivity index (χ0v) is 10.4. The van der Waals surface area contributed by atoms with Crippen molar-refractivity contribution in [1.82, 2.24) is 4.31 Å². The van der Waals surface area contributed by atoms with Gasteiger partial charge in [-0.2, -0.15) is 4.31 Å². The number of aliphatic carboxylic acids is 1. The first-order valence-electron chi connectivity index (χ1n) is 4.67. The van der Waals surface area contributed by atoms with E-state index in [-0.39, 0.29) is 13.1 Å². The second-order valence-corrected chi connectivity index (χ2v) is 6.16. The lowest BCUT2D eigenvalue weighted by molar-refractivity contribution is -0.134. The Kier molecular flexibility index (Phi) is 4.45. The van der Waals surface area contributed by atoms with Gasteiger partial charge in [0.05, 0.1) is 0 Å². The van der Waals surface area contributed by atoms with Crippen LogP contribution in [0.15, 0.2) is 17.5 Å². The van der Waals surface area contributed by atoms with Gasteiger partial charge in [0.15, 0.2) is 5.75 Å². The Morgan fingerprint density at radius 1 is 1.56 bits per heavy atom. The minimum Gasteiger partial charge on any atom is -0.480 e. The van der Waals surface area contributed by atoms with Crippen LogP contribution in [0.2, 0.25) is 0 Å². The summed E-state index contributed by atoms with van der Waals surface area (Å²) in [5, 5.41) is 10.4. The van der Waals surface area contributed by atoms with Gasteiger partial charge in [0, 0.05) is 18.0 Å². The summed E-state index contributed by atoms with van der Waals surface area (Å²) in [5.74, 6) is -2.18. The molecule has 7 heteroatoms.